The molecule has 0 aromatic heterocycles. The van der Waals surface area contributed by atoms with Crippen molar-refractivity contribution in [2.45, 2.75) is 188 Å². The Hall–Kier alpha value is -3.33. The number of amides is 1. The third-order valence-electron chi connectivity index (χ3n) is 15.0. The van der Waals surface area contributed by atoms with E-state index in [0.29, 0.717) is 63.4 Å². The van der Waals surface area contributed by atoms with E-state index in [2.05, 4.69) is 13.8 Å². The lowest BCUT2D eigenvalue weighted by Crippen LogP contribution is -2.61. The van der Waals surface area contributed by atoms with Gasteiger partial charge in [0.05, 0.1) is 18.3 Å². The summed E-state index contributed by atoms with van der Waals surface area (Å²) in [4.78, 5) is 71.9. The van der Waals surface area contributed by atoms with Crippen molar-refractivity contribution >= 4 is 29.2 Å². The second-order valence-corrected chi connectivity index (χ2v) is 20.7. The van der Waals surface area contributed by atoms with Crippen molar-refractivity contribution in [2.75, 3.05) is 20.8 Å². The summed E-state index contributed by atoms with van der Waals surface area (Å²) in [5, 5.41) is 33.9. The number of nitrogens with zero attached hydrogens (tertiary/aromatic N) is 1. The van der Waals surface area contributed by atoms with Gasteiger partial charge in [0.1, 0.15) is 30.1 Å². The number of esters is 1. The van der Waals surface area contributed by atoms with E-state index in [9.17, 15) is 39.3 Å². The van der Waals surface area contributed by atoms with Gasteiger partial charge in [0.25, 0.3) is 11.7 Å². The summed E-state index contributed by atoms with van der Waals surface area (Å²) in [6.45, 7) is 17.1. The number of cyclic esters (lactones) is 1. The first-order valence-electron chi connectivity index (χ1n) is 24.2. The van der Waals surface area contributed by atoms with E-state index < -0.39 is 83.2 Å². The van der Waals surface area contributed by atoms with E-state index >= 15 is 0 Å². The molecule has 65 heavy (non-hydrogen) atoms. The van der Waals surface area contributed by atoms with Crippen LogP contribution < -0.4 is 0 Å². The van der Waals surface area contributed by atoms with Crippen LogP contribution >= 0.6 is 0 Å². The third-order valence-corrected chi connectivity index (χ3v) is 15.0. The van der Waals surface area contributed by atoms with Crippen LogP contribution in [0.3, 0.4) is 0 Å². The number of methoxy groups -OCH3 is 2. The van der Waals surface area contributed by atoms with Gasteiger partial charge in [0.2, 0.25) is 5.79 Å². The molecule has 2 bridgehead atoms. The predicted molar refractivity (Wildman–Crippen MR) is 248 cm³/mol. The number of carbonyl (C=O) groups excluding carboxylic acids is 5. The molecule has 3 aliphatic heterocycles. The number of Topliss-reactive ketones (excluding diaryl/α,β-unsaturated/α-hetero) is 3. The normalized spacial score (nSPS) is 40.1. The summed E-state index contributed by atoms with van der Waals surface area (Å²) in [6, 6.07) is -1.12. The SMILES string of the molecule is CO[C@@H]1C[C@H](C[C@@H](C)C2CC(=O)[C@H](C)/C=C(\C)[C@@H](O)[C@@H](OC)C(=O)[C@H](C)C[C@H](C)/C=C/C=C/C=C(\C)C(C)(C)C[C@@H]3CC[C@@H](C)[C@@](O)(O3)C(=O)C(=O)N3CCCC[C@H]3C(=O)O2)CC[C@H]1O. The summed E-state index contributed by atoms with van der Waals surface area (Å²) in [5.74, 6) is -7.75. The Balaban J connectivity index is 1.71. The minimum atomic E-state index is -2.39. The zero-order valence-electron chi connectivity index (χ0n) is 41.1. The molecule has 1 amide bonds. The summed E-state index contributed by atoms with van der Waals surface area (Å²) < 4.78 is 23.7. The molecule has 3 heterocycles. The molecule has 0 aromatic rings. The lowest BCUT2D eigenvalue weighted by Gasteiger charge is -2.44. The molecule has 2 saturated heterocycles. The fraction of sp³-hybridized carbons (Fsp3) is 0.750. The van der Waals surface area contributed by atoms with Crippen LogP contribution in [0.15, 0.2) is 47.6 Å². The first kappa shape index (κ1) is 54.3. The van der Waals surface area contributed by atoms with E-state index in [1.54, 1.807) is 34.0 Å². The summed E-state index contributed by atoms with van der Waals surface area (Å²) in [7, 11) is 2.96. The number of aliphatic hydroxyl groups is 3. The van der Waals surface area contributed by atoms with E-state index in [1.165, 1.54) is 12.0 Å². The van der Waals surface area contributed by atoms with E-state index in [1.807, 2.05) is 58.1 Å². The third kappa shape index (κ3) is 14.1. The zero-order valence-corrected chi connectivity index (χ0v) is 41.1. The lowest BCUT2D eigenvalue weighted by atomic mass is 9.76. The van der Waals surface area contributed by atoms with Crippen LogP contribution in [0, 0.1) is 40.9 Å². The van der Waals surface area contributed by atoms with Crippen molar-refractivity contribution in [3.63, 3.8) is 0 Å². The number of ketones is 3. The number of fused-ring (bicyclic) bond motifs is 3. The van der Waals surface area contributed by atoms with Crippen molar-refractivity contribution in [1.82, 2.24) is 4.90 Å². The fourth-order valence-corrected chi connectivity index (χ4v) is 10.2. The van der Waals surface area contributed by atoms with Crippen LogP contribution in [0.25, 0.3) is 0 Å². The van der Waals surface area contributed by atoms with E-state index in [0.717, 1.165) is 12.0 Å². The smallest absolute Gasteiger partial charge is 0.329 e. The fourth-order valence-electron chi connectivity index (χ4n) is 10.2. The highest BCUT2D eigenvalue weighted by molar-refractivity contribution is 6.39. The Morgan fingerprint density at radius 1 is 0.892 bits per heavy atom. The molecule has 14 atom stereocenters. The van der Waals surface area contributed by atoms with Crippen LogP contribution in [0.4, 0.5) is 0 Å². The topological polar surface area (TPSA) is 186 Å². The van der Waals surface area contributed by atoms with Crippen LogP contribution in [-0.4, -0.2) is 119 Å². The van der Waals surface area contributed by atoms with Gasteiger partial charge in [-0.15, -0.1) is 0 Å². The first-order chi connectivity index (χ1) is 30.5. The summed E-state index contributed by atoms with van der Waals surface area (Å²) >= 11 is 0. The summed E-state index contributed by atoms with van der Waals surface area (Å²) in [6.07, 6.45) is 12.3. The predicted octanol–water partition coefficient (Wildman–Crippen LogP) is 7.19. The van der Waals surface area contributed by atoms with Gasteiger partial charge < -0.3 is 39.2 Å². The number of rotatable bonds is 5. The van der Waals surface area contributed by atoms with Crippen LogP contribution in [0.1, 0.15) is 139 Å². The second kappa shape index (κ2) is 24.1. The molecule has 1 aliphatic carbocycles. The maximum Gasteiger partial charge on any atom is 0.329 e. The molecule has 366 valence electrons. The van der Waals surface area contributed by atoms with Gasteiger partial charge in [0, 0.05) is 44.9 Å². The molecule has 3 N–H and O–H groups in total. The molecule has 4 rings (SSSR count). The number of piperidine rings is 1. The second-order valence-electron chi connectivity index (χ2n) is 20.7. The van der Waals surface area contributed by atoms with Crippen LogP contribution in [0.2, 0.25) is 0 Å². The molecule has 3 fully saturated rings. The molecule has 0 radical (unpaired) electrons. The maximum atomic E-state index is 14.4. The highest BCUT2D eigenvalue weighted by Crippen LogP contribution is 2.41. The number of allylic oxidation sites excluding steroid dienone is 7. The van der Waals surface area contributed by atoms with Crippen molar-refractivity contribution in [3.05, 3.63) is 47.6 Å². The molecular weight excluding hydrogens is 831 g/mol. The first-order valence-corrected chi connectivity index (χ1v) is 24.2. The Labute approximate surface area is 388 Å². The zero-order chi connectivity index (χ0) is 48.4. The van der Waals surface area contributed by atoms with Gasteiger partial charge >= 0.3 is 5.97 Å². The molecule has 0 aromatic carbocycles. The molecular formula is C52H81NO12. The molecule has 1 saturated carbocycles. The van der Waals surface area contributed by atoms with Gasteiger partial charge in [-0.1, -0.05) is 90.5 Å². The minimum absolute atomic E-state index is 0.0376. The highest BCUT2D eigenvalue weighted by Gasteiger charge is 2.53. The number of carbonyl (C=O) groups is 5. The minimum Gasteiger partial charge on any atom is -0.460 e. The Kier molecular flexibility index (Phi) is 20.1. The lowest BCUT2D eigenvalue weighted by molar-refractivity contribution is -0.266. The Morgan fingerprint density at radius 3 is 2.28 bits per heavy atom. The quantitative estimate of drug-likeness (QED) is 0.143. The molecule has 1 unspecified atom stereocenters. The average Bonchev–Trinajstić information content (AvgIpc) is 3.26. The molecule has 13 nitrogen and oxygen atoms in total. The van der Waals surface area contributed by atoms with Gasteiger partial charge in [-0.05, 0) is 113 Å². The maximum absolute atomic E-state index is 14.4. The number of ether oxygens (including phenoxy) is 4. The van der Waals surface area contributed by atoms with Gasteiger partial charge in [-0.25, -0.2) is 4.79 Å². The number of hydrogen-bond donors (Lipinski definition) is 3. The van der Waals surface area contributed by atoms with Crippen molar-refractivity contribution in [1.29, 1.82) is 0 Å². The largest absolute Gasteiger partial charge is 0.460 e. The number of hydrogen-bond acceptors (Lipinski definition) is 12. The molecule has 13 heteroatoms. The number of aliphatic hydroxyl groups excluding tert-OH is 2. The monoisotopic (exact) mass is 912 g/mol. The standard InChI is InChI=1S/C52H81NO12/c1-31-17-13-12-14-18-36(6)51(8,9)30-39-22-20-37(7)52(61,65-39)48(58)49(59)53-24-16-15-19-40(53)50(60)64-43(33(3)27-38-21-23-41(54)44(28-38)62-10)29-42(55)32(2)26-35(5)46(57)47(63-11)45(56)34(4)25-31/h12-14,17-18,26,31-34,37-41,43-44,46-47,54,57,61H,15-16,19-25,27-30H2,1-11H3/b14-12+,17-13+,35-26+,36-18+/t31-,32-,33-,34-,37-,38+,39+,40+,41-,43?,44-,46-,47+,52-/m1/s1. The van der Waals surface area contributed by atoms with Crippen molar-refractivity contribution in [3.8, 4) is 0 Å². The molecule has 4 aliphatic rings. The van der Waals surface area contributed by atoms with Crippen LogP contribution in [0.5, 0.6) is 0 Å². The van der Waals surface area contributed by atoms with Gasteiger partial charge in [-0.2, -0.15) is 0 Å². The van der Waals surface area contributed by atoms with E-state index in [-0.39, 0.29) is 54.8 Å². The van der Waals surface area contributed by atoms with Crippen LogP contribution in [-0.2, 0) is 42.9 Å². The van der Waals surface area contributed by atoms with E-state index in [4.69, 9.17) is 18.9 Å². The van der Waals surface area contributed by atoms with Crippen molar-refractivity contribution in [2.24, 2.45) is 40.9 Å². The van der Waals surface area contributed by atoms with Crippen molar-refractivity contribution < 1.29 is 58.2 Å². The Morgan fingerprint density at radius 2 is 1.60 bits per heavy atom. The highest BCUT2D eigenvalue weighted by atomic mass is 16.6. The molecule has 0 spiro atoms. The summed E-state index contributed by atoms with van der Waals surface area (Å²) in [5.41, 5.74) is 1.05. The Bertz CT molecular complexity index is 1780. The average molecular weight is 912 g/mol. The van der Waals surface area contributed by atoms with Gasteiger partial charge in [0.15, 0.2) is 5.78 Å². The van der Waals surface area contributed by atoms with Gasteiger partial charge in [-0.3, -0.25) is 19.2 Å².